The summed E-state index contributed by atoms with van der Waals surface area (Å²) in [5.41, 5.74) is 0.712. The van der Waals surface area contributed by atoms with Crippen molar-refractivity contribution in [1.82, 2.24) is 0 Å². The van der Waals surface area contributed by atoms with Gasteiger partial charge in [-0.2, -0.15) is 0 Å². The molecule has 2 rings (SSSR count). The van der Waals surface area contributed by atoms with Crippen molar-refractivity contribution in [2.24, 2.45) is 0 Å². The van der Waals surface area contributed by atoms with Crippen LogP contribution in [0.2, 0.25) is 0 Å². The molecular formula is C14H14Br2O6. The SMILES string of the molecule is CCOC(=O)c1ccc(Br)o1.CCc1cc(Br)oc1C(=O)O. The van der Waals surface area contributed by atoms with E-state index < -0.39 is 11.9 Å². The zero-order valence-corrected chi connectivity index (χ0v) is 15.1. The standard InChI is InChI=1S/2C7H7BrO3/c1-2-10-7(9)5-3-4-6(8)11-5;1-2-4-3-5(8)11-6(4)7(9)10/h3-4H,2H2,1H3;3H,2H2,1H3,(H,9,10). The van der Waals surface area contributed by atoms with E-state index in [0.717, 1.165) is 0 Å². The fourth-order valence-corrected chi connectivity index (χ4v) is 2.21. The number of aryl methyl sites for hydroxylation is 1. The first kappa shape index (κ1) is 18.5. The van der Waals surface area contributed by atoms with Gasteiger partial charge in [-0.3, -0.25) is 0 Å². The molecule has 0 amide bonds. The smallest absolute Gasteiger partial charge is 0.374 e. The number of furan rings is 2. The molecule has 0 aliphatic rings. The van der Waals surface area contributed by atoms with Crippen molar-refractivity contribution in [3.63, 3.8) is 0 Å². The van der Waals surface area contributed by atoms with Gasteiger partial charge in [-0.25, -0.2) is 9.59 Å². The quantitative estimate of drug-likeness (QED) is 0.707. The predicted molar refractivity (Wildman–Crippen MR) is 85.1 cm³/mol. The van der Waals surface area contributed by atoms with Crippen LogP contribution in [-0.4, -0.2) is 23.7 Å². The zero-order valence-electron chi connectivity index (χ0n) is 11.9. The van der Waals surface area contributed by atoms with Gasteiger partial charge in [0.1, 0.15) is 0 Å². The minimum absolute atomic E-state index is 0.0272. The Hall–Kier alpha value is -1.54. The van der Waals surface area contributed by atoms with Gasteiger partial charge in [-0.05, 0) is 63.4 Å². The summed E-state index contributed by atoms with van der Waals surface area (Å²) in [6.45, 7) is 3.98. The molecule has 8 heteroatoms. The Labute approximate surface area is 143 Å². The maximum atomic E-state index is 10.9. The Bertz CT molecular complexity index is 644. The third-order valence-electron chi connectivity index (χ3n) is 2.40. The molecule has 2 aromatic heterocycles. The Kier molecular flexibility index (Phi) is 7.40. The van der Waals surface area contributed by atoms with Gasteiger partial charge in [0.25, 0.3) is 0 Å². The molecule has 0 bridgehead atoms. The molecule has 0 spiro atoms. The average Bonchev–Trinajstić information content (AvgIpc) is 3.05. The fraction of sp³-hybridized carbons (Fsp3) is 0.286. The number of hydrogen-bond acceptors (Lipinski definition) is 5. The number of carbonyl (C=O) groups excluding carboxylic acids is 1. The number of aromatic carboxylic acids is 1. The number of hydrogen-bond donors (Lipinski definition) is 1. The second-order valence-corrected chi connectivity index (χ2v) is 5.45. The van der Waals surface area contributed by atoms with Crippen LogP contribution in [0.3, 0.4) is 0 Å². The third kappa shape index (κ3) is 5.34. The first-order chi connectivity index (χ1) is 10.4. The van der Waals surface area contributed by atoms with E-state index >= 15 is 0 Å². The maximum Gasteiger partial charge on any atom is 0.374 e. The number of esters is 1. The molecule has 0 saturated carbocycles. The lowest BCUT2D eigenvalue weighted by molar-refractivity contribution is 0.0488. The van der Waals surface area contributed by atoms with Gasteiger partial charge in [0.2, 0.25) is 11.5 Å². The summed E-state index contributed by atoms with van der Waals surface area (Å²) in [6, 6.07) is 4.87. The van der Waals surface area contributed by atoms with Gasteiger partial charge < -0.3 is 18.7 Å². The third-order valence-corrected chi connectivity index (χ3v) is 3.22. The molecule has 0 aliphatic carbocycles. The summed E-state index contributed by atoms with van der Waals surface area (Å²) < 4.78 is 15.5. The highest BCUT2D eigenvalue weighted by molar-refractivity contribution is 9.10. The van der Waals surface area contributed by atoms with Crippen molar-refractivity contribution in [2.75, 3.05) is 6.61 Å². The van der Waals surface area contributed by atoms with Crippen LogP contribution in [0.15, 0.2) is 36.4 Å². The molecule has 0 aliphatic heterocycles. The van der Waals surface area contributed by atoms with Crippen molar-refractivity contribution >= 4 is 43.8 Å². The second-order valence-electron chi connectivity index (χ2n) is 3.89. The van der Waals surface area contributed by atoms with Crippen LogP contribution < -0.4 is 0 Å². The van der Waals surface area contributed by atoms with Gasteiger partial charge in [0.05, 0.1) is 6.61 Å². The van der Waals surface area contributed by atoms with E-state index in [-0.39, 0.29) is 11.5 Å². The number of carbonyl (C=O) groups is 2. The van der Waals surface area contributed by atoms with E-state index in [9.17, 15) is 9.59 Å². The molecule has 0 unspecified atom stereocenters. The lowest BCUT2D eigenvalue weighted by atomic mass is 10.2. The molecule has 120 valence electrons. The summed E-state index contributed by atoms with van der Waals surface area (Å²) in [5.74, 6) is -1.20. The molecule has 0 fully saturated rings. The van der Waals surface area contributed by atoms with E-state index in [4.69, 9.17) is 13.9 Å². The normalized spacial score (nSPS) is 9.82. The Morgan fingerprint density at radius 2 is 1.86 bits per heavy atom. The van der Waals surface area contributed by atoms with Crippen molar-refractivity contribution in [3.05, 3.63) is 44.6 Å². The van der Waals surface area contributed by atoms with Crippen LogP contribution in [0.1, 0.15) is 40.5 Å². The molecule has 0 saturated heterocycles. The van der Waals surface area contributed by atoms with E-state index in [0.29, 0.717) is 27.9 Å². The van der Waals surface area contributed by atoms with Gasteiger partial charge in [-0.1, -0.05) is 6.92 Å². The lowest BCUT2D eigenvalue weighted by Crippen LogP contribution is -2.02. The van der Waals surface area contributed by atoms with Crippen LogP contribution in [0, 0.1) is 0 Å². The van der Waals surface area contributed by atoms with Crippen LogP contribution in [-0.2, 0) is 11.2 Å². The van der Waals surface area contributed by atoms with Gasteiger partial charge in [0, 0.05) is 5.56 Å². The van der Waals surface area contributed by atoms with Gasteiger partial charge >= 0.3 is 11.9 Å². The summed E-state index contributed by atoms with van der Waals surface area (Å²) in [5, 5.41) is 8.60. The highest BCUT2D eigenvalue weighted by Gasteiger charge is 2.14. The molecule has 0 aromatic carbocycles. The topological polar surface area (TPSA) is 89.9 Å². The number of ether oxygens (including phenoxy) is 1. The summed E-state index contributed by atoms with van der Waals surface area (Å²) in [7, 11) is 0. The molecule has 22 heavy (non-hydrogen) atoms. The molecule has 2 heterocycles. The van der Waals surface area contributed by atoms with Crippen LogP contribution in [0.5, 0.6) is 0 Å². The Balaban J connectivity index is 0.000000220. The van der Waals surface area contributed by atoms with Crippen molar-refractivity contribution in [1.29, 1.82) is 0 Å². The van der Waals surface area contributed by atoms with Crippen molar-refractivity contribution in [3.8, 4) is 0 Å². The molecule has 0 radical (unpaired) electrons. The second kappa shape index (κ2) is 8.79. The summed E-state index contributed by atoms with van der Waals surface area (Å²) >= 11 is 6.14. The minimum Gasteiger partial charge on any atom is -0.475 e. The van der Waals surface area contributed by atoms with E-state index in [1.54, 1.807) is 25.1 Å². The molecule has 6 nitrogen and oxygen atoms in total. The highest BCUT2D eigenvalue weighted by atomic mass is 79.9. The lowest BCUT2D eigenvalue weighted by Gasteiger charge is -1.95. The number of carboxylic acid groups (broad SMARTS) is 1. The number of halogens is 2. The Morgan fingerprint density at radius 1 is 1.18 bits per heavy atom. The molecule has 1 N–H and O–H groups in total. The fourth-order valence-electron chi connectivity index (χ4n) is 1.46. The van der Waals surface area contributed by atoms with Gasteiger partial charge in [-0.15, -0.1) is 0 Å². The van der Waals surface area contributed by atoms with E-state index in [1.165, 1.54) is 0 Å². The van der Waals surface area contributed by atoms with Crippen LogP contribution in [0.25, 0.3) is 0 Å². The first-order valence-electron chi connectivity index (χ1n) is 6.32. The summed E-state index contributed by atoms with van der Waals surface area (Å²) in [4.78, 5) is 21.4. The maximum absolute atomic E-state index is 10.9. The van der Waals surface area contributed by atoms with Crippen molar-refractivity contribution < 1.29 is 28.3 Å². The first-order valence-corrected chi connectivity index (χ1v) is 7.91. The number of rotatable bonds is 4. The minimum atomic E-state index is -1.02. The molecule has 2 aromatic rings. The average molecular weight is 438 g/mol. The zero-order chi connectivity index (χ0) is 16.7. The predicted octanol–water partition coefficient (Wildman–Crippen LogP) is 4.52. The van der Waals surface area contributed by atoms with Crippen LogP contribution >= 0.6 is 31.9 Å². The van der Waals surface area contributed by atoms with Crippen LogP contribution in [0.4, 0.5) is 0 Å². The molecule has 0 atom stereocenters. The largest absolute Gasteiger partial charge is 0.475 e. The van der Waals surface area contributed by atoms with E-state index in [1.807, 2.05) is 6.92 Å². The van der Waals surface area contributed by atoms with Gasteiger partial charge in [0.15, 0.2) is 9.34 Å². The number of carboxylic acids is 1. The Morgan fingerprint density at radius 3 is 2.27 bits per heavy atom. The van der Waals surface area contributed by atoms with Crippen molar-refractivity contribution in [2.45, 2.75) is 20.3 Å². The molecular weight excluding hydrogens is 424 g/mol. The van der Waals surface area contributed by atoms with E-state index in [2.05, 4.69) is 36.6 Å². The summed E-state index contributed by atoms with van der Waals surface area (Å²) in [6.07, 6.45) is 0.663. The highest BCUT2D eigenvalue weighted by Crippen LogP contribution is 2.20. The monoisotopic (exact) mass is 436 g/mol.